The SMILES string of the molecule is O=CC(Br)CCC(Br)C(=O)Cl. The lowest BCUT2D eigenvalue weighted by molar-refractivity contribution is -0.111. The summed E-state index contributed by atoms with van der Waals surface area (Å²) in [6.07, 6.45) is 1.97. The first-order valence-electron chi connectivity index (χ1n) is 3.00. The fourth-order valence-electron chi connectivity index (χ4n) is 0.487. The molecule has 0 fully saturated rings. The molecule has 0 aliphatic heterocycles. The summed E-state index contributed by atoms with van der Waals surface area (Å²) in [5.74, 6) is 0. The van der Waals surface area contributed by atoms with E-state index in [1.807, 2.05) is 0 Å². The Labute approximate surface area is 86.9 Å². The molecule has 0 amide bonds. The first-order valence-corrected chi connectivity index (χ1v) is 5.21. The van der Waals surface area contributed by atoms with Crippen LogP contribution in [0.2, 0.25) is 0 Å². The second-order valence-corrected chi connectivity index (χ2v) is 4.66. The zero-order valence-corrected chi connectivity index (χ0v) is 9.52. The molecule has 0 aliphatic rings. The van der Waals surface area contributed by atoms with Crippen LogP contribution in [0.25, 0.3) is 0 Å². The summed E-state index contributed by atoms with van der Waals surface area (Å²) < 4.78 is 0. The maximum Gasteiger partial charge on any atom is 0.235 e. The van der Waals surface area contributed by atoms with Gasteiger partial charge in [0.25, 0.3) is 0 Å². The van der Waals surface area contributed by atoms with E-state index in [1.165, 1.54) is 0 Å². The second-order valence-electron chi connectivity index (χ2n) is 2.00. The lowest BCUT2D eigenvalue weighted by atomic mass is 10.2. The Morgan fingerprint density at radius 3 is 2.36 bits per heavy atom. The van der Waals surface area contributed by atoms with Gasteiger partial charge in [-0.15, -0.1) is 0 Å². The van der Waals surface area contributed by atoms with Gasteiger partial charge >= 0.3 is 0 Å². The predicted octanol–water partition coefficient (Wildman–Crippen LogP) is 2.26. The van der Waals surface area contributed by atoms with E-state index in [0.717, 1.165) is 6.29 Å². The quantitative estimate of drug-likeness (QED) is 0.443. The maximum absolute atomic E-state index is 10.5. The van der Waals surface area contributed by atoms with Crippen LogP contribution in [0.1, 0.15) is 12.8 Å². The second kappa shape index (κ2) is 6.14. The molecule has 2 unspecified atom stereocenters. The molecule has 0 heterocycles. The molecule has 0 aromatic heterocycles. The van der Waals surface area contributed by atoms with E-state index in [1.54, 1.807) is 0 Å². The van der Waals surface area contributed by atoms with Crippen LogP contribution in [0.4, 0.5) is 0 Å². The zero-order valence-electron chi connectivity index (χ0n) is 5.60. The Kier molecular flexibility index (Phi) is 6.47. The van der Waals surface area contributed by atoms with Gasteiger partial charge in [0.2, 0.25) is 5.24 Å². The van der Waals surface area contributed by atoms with E-state index in [0.29, 0.717) is 12.8 Å². The van der Waals surface area contributed by atoms with Crippen molar-refractivity contribution >= 4 is 55.0 Å². The van der Waals surface area contributed by atoms with Gasteiger partial charge in [-0.25, -0.2) is 0 Å². The molecule has 0 rings (SSSR count). The Balaban J connectivity index is 3.53. The van der Waals surface area contributed by atoms with Crippen molar-refractivity contribution in [3.05, 3.63) is 0 Å². The Bertz CT molecular complexity index is 152. The average Bonchev–Trinajstić information content (AvgIpc) is 1.99. The van der Waals surface area contributed by atoms with Crippen LogP contribution in [-0.4, -0.2) is 21.2 Å². The van der Waals surface area contributed by atoms with Gasteiger partial charge in [-0.3, -0.25) is 4.79 Å². The van der Waals surface area contributed by atoms with Crippen LogP contribution in [0.15, 0.2) is 0 Å². The highest BCUT2D eigenvalue weighted by Crippen LogP contribution is 2.15. The minimum absolute atomic E-state index is 0.182. The third-order valence-electron chi connectivity index (χ3n) is 1.09. The predicted molar refractivity (Wildman–Crippen MR) is 51.6 cm³/mol. The first-order chi connectivity index (χ1) is 5.07. The van der Waals surface area contributed by atoms with Crippen molar-refractivity contribution in [1.29, 1.82) is 0 Å². The van der Waals surface area contributed by atoms with Gasteiger partial charge in [-0.05, 0) is 24.4 Å². The van der Waals surface area contributed by atoms with E-state index in [2.05, 4.69) is 31.9 Å². The molecule has 2 nitrogen and oxygen atoms in total. The summed E-state index contributed by atoms with van der Waals surface area (Å²) >= 11 is 11.4. The monoisotopic (exact) mass is 304 g/mol. The molecule has 2 atom stereocenters. The van der Waals surface area contributed by atoms with Crippen molar-refractivity contribution in [2.45, 2.75) is 22.5 Å². The number of carbonyl (C=O) groups is 2. The maximum atomic E-state index is 10.5. The van der Waals surface area contributed by atoms with Gasteiger partial charge in [0.1, 0.15) is 6.29 Å². The number of hydrogen-bond donors (Lipinski definition) is 0. The van der Waals surface area contributed by atoms with E-state index in [4.69, 9.17) is 11.6 Å². The molecule has 0 spiro atoms. The van der Waals surface area contributed by atoms with E-state index in [9.17, 15) is 9.59 Å². The third-order valence-corrected chi connectivity index (χ3v) is 3.16. The van der Waals surface area contributed by atoms with Gasteiger partial charge in [-0.1, -0.05) is 31.9 Å². The summed E-state index contributed by atoms with van der Waals surface area (Å²) in [7, 11) is 0. The van der Waals surface area contributed by atoms with Crippen LogP contribution < -0.4 is 0 Å². The number of halogens is 3. The van der Waals surface area contributed by atoms with Crippen molar-refractivity contribution in [3.63, 3.8) is 0 Å². The average molecular weight is 306 g/mol. The Morgan fingerprint density at radius 2 is 2.00 bits per heavy atom. The highest BCUT2D eigenvalue weighted by Gasteiger charge is 2.13. The molecule has 0 bridgehead atoms. The lowest BCUT2D eigenvalue weighted by Crippen LogP contribution is -2.10. The molecule has 0 aliphatic carbocycles. The summed E-state index contributed by atoms with van der Waals surface area (Å²) in [6.45, 7) is 0. The molecular formula is C6H7Br2ClO2. The Morgan fingerprint density at radius 1 is 1.45 bits per heavy atom. The fourth-order valence-corrected chi connectivity index (χ4v) is 1.12. The normalized spacial score (nSPS) is 15.5. The summed E-state index contributed by atoms with van der Waals surface area (Å²) in [5.41, 5.74) is 0. The van der Waals surface area contributed by atoms with Crippen molar-refractivity contribution in [2.75, 3.05) is 0 Å². The van der Waals surface area contributed by atoms with Crippen LogP contribution in [0.3, 0.4) is 0 Å². The van der Waals surface area contributed by atoms with Crippen molar-refractivity contribution in [1.82, 2.24) is 0 Å². The van der Waals surface area contributed by atoms with Gasteiger partial charge in [-0.2, -0.15) is 0 Å². The van der Waals surface area contributed by atoms with Gasteiger partial charge < -0.3 is 4.79 Å². The molecule has 5 heteroatoms. The highest BCUT2D eigenvalue weighted by atomic mass is 79.9. The number of alkyl halides is 2. The highest BCUT2D eigenvalue weighted by molar-refractivity contribution is 9.10. The van der Waals surface area contributed by atoms with Crippen LogP contribution in [0, 0.1) is 0 Å². The molecule has 0 aromatic rings. The van der Waals surface area contributed by atoms with Crippen LogP contribution in [-0.2, 0) is 9.59 Å². The first kappa shape index (κ1) is 11.6. The number of aldehydes is 1. The molecule has 64 valence electrons. The number of hydrogen-bond acceptors (Lipinski definition) is 2. The molecular weight excluding hydrogens is 299 g/mol. The minimum atomic E-state index is -0.421. The molecule has 0 aromatic carbocycles. The standard InChI is InChI=1S/C6H7Br2ClO2/c7-4(3-10)1-2-5(8)6(9)11/h3-5H,1-2H2. The number of rotatable bonds is 5. The smallest absolute Gasteiger partial charge is 0.235 e. The third kappa shape index (κ3) is 5.82. The van der Waals surface area contributed by atoms with E-state index in [-0.39, 0.29) is 9.65 Å². The summed E-state index contributed by atoms with van der Waals surface area (Å²) in [6, 6.07) is 0. The van der Waals surface area contributed by atoms with Crippen LogP contribution >= 0.6 is 43.5 Å². The summed E-state index contributed by atoms with van der Waals surface area (Å²) in [5, 5.41) is -0.421. The largest absolute Gasteiger partial charge is 0.302 e. The van der Waals surface area contributed by atoms with E-state index < -0.39 is 5.24 Å². The molecule has 11 heavy (non-hydrogen) atoms. The van der Waals surface area contributed by atoms with Crippen molar-refractivity contribution in [2.24, 2.45) is 0 Å². The number of carbonyl (C=O) groups excluding carboxylic acids is 2. The van der Waals surface area contributed by atoms with E-state index >= 15 is 0 Å². The van der Waals surface area contributed by atoms with Gasteiger partial charge in [0.05, 0.1) is 9.65 Å². The zero-order chi connectivity index (χ0) is 8.85. The van der Waals surface area contributed by atoms with Gasteiger partial charge in [0.15, 0.2) is 0 Å². The minimum Gasteiger partial charge on any atom is -0.302 e. The lowest BCUT2D eigenvalue weighted by Gasteiger charge is -2.03. The fraction of sp³-hybridized carbons (Fsp3) is 0.667. The summed E-state index contributed by atoms with van der Waals surface area (Å²) in [4.78, 5) is 20.0. The van der Waals surface area contributed by atoms with Crippen molar-refractivity contribution < 1.29 is 9.59 Å². The van der Waals surface area contributed by atoms with Crippen molar-refractivity contribution in [3.8, 4) is 0 Å². The molecule has 0 radical (unpaired) electrons. The van der Waals surface area contributed by atoms with Gasteiger partial charge in [0, 0.05) is 0 Å². The Hall–Kier alpha value is 0.590. The molecule has 0 saturated carbocycles. The molecule has 0 N–H and O–H groups in total. The topological polar surface area (TPSA) is 34.1 Å². The van der Waals surface area contributed by atoms with Crippen LogP contribution in [0.5, 0.6) is 0 Å². The molecule has 0 saturated heterocycles.